The quantitative estimate of drug-likeness (QED) is 0.128. The molecule has 4 rings (SSSR count). The lowest BCUT2D eigenvalue weighted by atomic mass is 9.95. The summed E-state index contributed by atoms with van der Waals surface area (Å²) in [6, 6.07) is 9.06. The number of carbonyl (C=O) groups excluding carboxylic acids is 2. The molecular formula is C28H30F4N4O4SSi. The minimum atomic E-state index is -4.85. The zero-order chi connectivity index (χ0) is 31.0. The first-order chi connectivity index (χ1) is 19.6. The molecule has 1 spiro atoms. The Balaban J connectivity index is 1.63. The second kappa shape index (κ2) is 11.7. The van der Waals surface area contributed by atoms with E-state index in [9.17, 15) is 22.8 Å². The van der Waals surface area contributed by atoms with Crippen LogP contribution in [0.15, 0.2) is 36.4 Å². The van der Waals surface area contributed by atoms with Gasteiger partial charge in [-0.15, -0.1) is 0 Å². The first-order valence-corrected chi connectivity index (χ1v) is 17.2. The Labute approximate surface area is 247 Å². The van der Waals surface area contributed by atoms with E-state index >= 15 is 4.39 Å². The van der Waals surface area contributed by atoms with Crippen molar-refractivity contribution < 1.29 is 36.6 Å². The van der Waals surface area contributed by atoms with Crippen molar-refractivity contribution in [3.8, 4) is 6.07 Å². The molecule has 2 heterocycles. The van der Waals surface area contributed by atoms with Crippen molar-refractivity contribution in [3.05, 3.63) is 58.9 Å². The first kappa shape index (κ1) is 31.6. The number of alkyl halides is 3. The monoisotopic (exact) mass is 622 g/mol. The molecular weight excluding hydrogens is 592 g/mol. The van der Waals surface area contributed by atoms with E-state index < -0.39 is 48.5 Å². The van der Waals surface area contributed by atoms with Crippen LogP contribution in [0.3, 0.4) is 0 Å². The van der Waals surface area contributed by atoms with Gasteiger partial charge in [0.25, 0.3) is 11.8 Å². The lowest BCUT2D eigenvalue weighted by Gasteiger charge is -2.31. The summed E-state index contributed by atoms with van der Waals surface area (Å²) >= 11 is 5.58. The van der Waals surface area contributed by atoms with Crippen LogP contribution in [0.25, 0.3) is 0 Å². The van der Waals surface area contributed by atoms with Crippen LogP contribution < -0.4 is 9.80 Å². The van der Waals surface area contributed by atoms with Gasteiger partial charge in [-0.2, -0.15) is 18.4 Å². The molecule has 0 saturated carbocycles. The van der Waals surface area contributed by atoms with E-state index in [4.69, 9.17) is 27.0 Å². The van der Waals surface area contributed by atoms with Crippen LogP contribution in [0, 0.1) is 17.1 Å². The summed E-state index contributed by atoms with van der Waals surface area (Å²) in [5, 5.41) is 8.97. The zero-order valence-electron chi connectivity index (χ0n) is 23.5. The van der Waals surface area contributed by atoms with Crippen molar-refractivity contribution in [2.45, 2.75) is 43.8 Å². The van der Waals surface area contributed by atoms with Crippen LogP contribution in [0.4, 0.5) is 28.9 Å². The van der Waals surface area contributed by atoms with E-state index in [1.165, 1.54) is 41.1 Å². The molecule has 2 amide bonds. The minimum absolute atomic E-state index is 0.0187. The largest absolute Gasteiger partial charge is 0.417 e. The first-order valence-electron chi connectivity index (χ1n) is 13.1. The predicted octanol–water partition coefficient (Wildman–Crippen LogP) is 5.40. The number of carbonyl (C=O) groups is 2. The number of nitriles is 1. The standard InChI is InChI=1S/C28H30F4N4O4SSi/c1-34(17-40-11-12-42(2,3)4)24(37)21-8-7-20(14-23(21)29)36-26(41)35(25(38)27(36)9-10-39-16-27)19-6-5-18(15-33)22(13-19)28(30,31)32/h5-8,13-14H,9-12,16-17H2,1-4H3. The van der Waals surface area contributed by atoms with Gasteiger partial charge in [-0.3, -0.25) is 14.5 Å². The molecule has 2 saturated heterocycles. The Morgan fingerprint density at radius 1 is 1.21 bits per heavy atom. The number of anilines is 2. The van der Waals surface area contributed by atoms with Crippen LogP contribution in [0.1, 0.15) is 27.9 Å². The number of hydrogen-bond acceptors (Lipinski definition) is 6. The number of hydrogen-bond donors (Lipinski definition) is 0. The molecule has 0 radical (unpaired) electrons. The smallest absolute Gasteiger partial charge is 0.378 e. The summed E-state index contributed by atoms with van der Waals surface area (Å²) < 4.78 is 67.5. The molecule has 0 aromatic heterocycles. The van der Waals surface area contributed by atoms with E-state index in [-0.39, 0.29) is 48.4 Å². The summed E-state index contributed by atoms with van der Waals surface area (Å²) in [5.74, 6) is -2.12. The second-order valence-electron chi connectivity index (χ2n) is 11.4. The van der Waals surface area contributed by atoms with Crippen LogP contribution in [-0.4, -0.2) is 69.0 Å². The lowest BCUT2D eigenvalue weighted by Crippen LogP contribution is -2.50. The minimum Gasteiger partial charge on any atom is -0.378 e. The van der Waals surface area contributed by atoms with Crippen molar-refractivity contribution in [2.75, 3.05) is 43.4 Å². The van der Waals surface area contributed by atoms with E-state index in [2.05, 4.69) is 19.6 Å². The maximum atomic E-state index is 15.4. The normalized spacial score (nSPS) is 19.1. The number of halogens is 4. The predicted molar refractivity (Wildman–Crippen MR) is 154 cm³/mol. The molecule has 0 aliphatic carbocycles. The number of nitrogens with zero attached hydrogens (tertiary/aromatic N) is 4. The maximum absolute atomic E-state index is 15.4. The van der Waals surface area contributed by atoms with E-state index in [1.54, 1.807) is 0 Å². The molecule has 2 aromatic rings. The van der Waals surface area contributed by atoms with Crippen molar-refractivity contribution in [1.29, 1.82) is 5.26 Å². The molecule has 0 N–H and O–H groups in total. The third-order valence-corrected chi connectivity index (χ3v) is 9.24. The molecule has 2 aliphatic heterocycles. The fourth-order valence-corrected chi connectivity index (χ4v) is 6.05. The van der Waals surface area contributed by atoms with Crippen molar-refractivity contribution in [1.82, 2.24) is 4.90 Å². The van der Waals surface area contributed by atoms with Crippen LogP contribution in [0.2, 0.25) is 25.7 Å². The number of benzene rings is 2. The van der Waals surface area contributed by atoms with Gasteiger partial charge in [-0.1, -0.05) is 19.6 Å². The molecule has 42 heavy (non-hydrogen) atoms. The third kappa shape index (κ3) is 6.05. The molecule has 1 unspecified atom stereocenters. The Kier molecular flexibility index (Phi) is 8.80. The van der Waals surface area contributed by atoms with E-state index in [0.717, 1.165) is 23.1 Å². The SMILES string of the molecule is CN(COCC[Si](C)(C)C)C(=O)c1ccc(N2C(=S)N(c3ccc(C#N)c(C(F)(F)F)c3)C(=O)C23CCOC3)cc1F. The molecule has 14 heteroatoms. The Morgan fingerprint density at radius 2 is 1.90 bits per heavy atom. The summed E-state index contributed by atoms with van der Waals surface area (Å²) in [4.78, 5) is 30.3. The van der Waals surface area contributed by atoms with E-state index in [0.29, 0.717) is 12.7 Å². The highest BCUT2D eigenvalue weighted by Crippen LogP contribution is 2.43. The highest BCUT2D eigenvalue weighted by molar-refractivity contribution is 7.81. The van der Waals surface area contributed by atoms with Crippen LogP contribution in [-0.2, 0) is 20.4 Å². The number of amides is 2. The van der Waals surface area contributed by atoms with Gasteiger partial charge in [0.1, 0.15) is 12.5 Å². The van der Waals surface area contributed by atoms with Crippen molar-refractivity contribution >= 4 is 48.6 Å². The van der Waals surface area contributed by atoms with Crippen LogP contribution in [0.5, 0.6) is 0 Å². The number of ether oxygens (including phenoxy) is 2. The topological polar surface area (TPSA) is 86.1 Å². The summed E-state index contributed by atoms with van der Waals surface area (Å²) in [5.41, 5.74) is -3.52. The molecule has 224 valence electrons. The molecule has 2 aromatic carbocycles. The number of rotatable bonds is 8. The van der Waals surface area contributed by atoms with Gasteiger partial charge in [0.15, 0.2) is 10.7 Å². The fraction of sp³-hybridized carbons (Fsp3) is 0.429. The Hall–Kier alpha value is -3.38. The van der Waals surface area contributed by atoms with Gasteiger partial charge in [0.2, 0.25) is 0 Å². The third-order valence-electron chi connectivity index (χ3n) is 7.17. The lowest BCUT2D eigenvalue weighted by molar-refractivity contribution is -0.137. The molecule has 8 nitrogen and oxygen atoms in total. The maximum Gasteiger partial charge on any atom is 0.417 e. The molecule has 2 aliphatic rings. The van der Waals surface area contributed by atoms with Crippen molar-refractivity contribution in [2.24, 2.45) is 0 Å². The van der Waals surface area contributed by atoms with Gasteiger partial charge in [0, 0.05) is 40.4 Å². The summed E-state index contributed by atoms with van der Waals surface area (Å²) in [7, 11) is 0.176. The zero-order valence-corrected chi connectivity index (χ0v) is 25.4. The van der Waals surface area contributed by atoms with Crippen LogP contribution >= 0.6 is 12.2 Å². The van der Waals surface area contributed by atoms with Gasteiger partial charge in [-0.05, 0) is 54.7 Å². The average Bonchev–Trinajstić information content (AvgIpc) is 3.47. The van der Waals surface area contributed by atoms with Crippen molar-refractivity contribution in [3.63, 3.8) is 0 Å². The van der Waals surface area contributed by atoms with Gasteiger partial charge < -0.3 is 19.3 Å². The average molecular weight is 623 g/mol. The summed E-state index contributed by atoms with van der Waals surface area (Å²) in [6.07, 6.45) is -4.71. The second-order valence-corrected chi connectivity index (χ2v) is 17.4. The molecule has 0 bridgehead atoms. The van der Waals surface area contributed by atoms with Gasteiger partial charge in [-0.25, -0.2) is 4.39 Å². The summed E-state index contributed by atoms with van der Waals surface area (Å²) in [6.45, 7) is 7.10. The highest BCUT2D eigenvalue weighted by atomic mass is 32.1. The van der Waals surface area contributed by atoms with Gasteiger partial charge in [0.05, 0.1) is 35.1 Å². The number of thiocarbonyl (C=S) groups is 1. The highest BCUT2D eigenvalue weighted by Gasteiger charge is 2.58. The molecule has 1 atom stereocenters. The Bertz CT molecular complexity index is 1450. The van der Waals surface area contributed by atoms with Gasteiger partial charge >= 0.3 is 6.18 Å². The fourth-order valence-electron chi connectivity index (χ4n) is 4.82. The van der Waals surface area contributed by atoms with E-state index in [1.807, 2.05) is 0 Å². The Morgan fingerprint density at radius 3 is 2.48 bits per heavy atom. The molecule has 2 fully saturated rings.